The largest absolute Gasteiger partial charge is 0.504 e. The van der Waals surface area contributed by atoms with Gasteiger partial charge in [-0.15, -0.1) is 0 Å². The number of methoxy groups -OCH3 is 1. The highest BCUT2D eigenvalue weighted by Crippen LogP contribution is 2.61. The van der Waals surface area contributed by atoms with Crippen molar-refractivity contribution < 1.29 is 29.0 Å². The molecule has 8 rings (SSSR count). The molecular weight excluding hydrogens is 753 g/mol. The van der Waals surface area contributed by atoms with Crippen molar-refractivity contribution in [1.82, 2.24) is 0 Å². The van der Waals surface area contributed by atoms with Gasteiger partial charge in [0.15, 0.2) is 23.1 Å². The second-order valence-electron chi connectivity index (χ2n) is 13.6. The van der Waals surface area contributed by atoms with Gasteiger partial charge in [0, 0.05) is 21.0 Å². The fourth-order valence-electron chi connectivity index (χ4n) is 8.97. The first-order valence-corrected chi connectivity index (χ1v) is 18.1. The number of carbonyl (C=O) groups is 4. The van der Waals surface area contributed by atoms with E-state index in [1.165, 1.54) is 18.1 Å². The number of imide groups is 1. The maximum absolute atomic E-state index is 15.1. The number of Topliss-reactive ketones (excluding diaryl/α,β-unsaturated/α-hetero) is 1. The van der Waals surface area contributed by atoms with E-state index < -0.39 is 35.0 Å². The van der Waals surface area contributed by atoms with Gasteiger partial charge in [0.1, 0.15) is 0 Å². The summed E-state index contributed by atoms with van der Waals surface area (Å²) in [5, 5.41) is 10.3. The predicted octanol–water partition coefficient (Wildman–Crippen LogP) is 7.58. The number of aromatic hydroxyl groups is 1. The lowest BCUT2D eigenvalue weighted by atomic mass is 9.45. The third kappa shape index (κ3) is 5.22. The minimum Gasteiger partial charge on any atom is -0.504 e. The number of carbonyl (C=O) groups excluding carboxylic acids is 4. The highest BCUT2D eigenvalue weighted by atomic mass is 127. The Labute approximate surface area is 309 Å². The first kappa shape index (κ1) is 33.1. The summed E-state index contributed by atoms with van der Waals surface area (Å²) in [7, 11) is 1.48. The van der Waals surface area contributed by atoms with Crippen LogP contribution < -0.4 is 9.64 Å². The van der Waals surface area contributed by atoms with Crippen molar-refractivity contribution >= 4 is 63.3 Å². The normalized spacial score (nSPS) is 27.1. The molecular formula is C43H34INO6. The molecule has 3 aliphatic carbocycles. The third-order valence-electron chi connectivity index (χ3n) is 11.2. The van der Waals surface area contributed by atoms with E-state index in [0.29, 0.717) is 29.0 Å². The van der Waals surface area contributed by atoms with Crippen LogP contribution in [-0.4, -0.2) is 35.6 Å². The van der Waals surface area contributed by atoms with Crippen LogP contribution in [0.25, 0.3) is 11.6 Å². The van der Waals surface area contributed by atoms with E-state index in [1.54, 1.807) is 30.3 Å². The predicted molar refractivity (Wildman–Crippen MR) is 203 cm³/mol. The van der Waals surface area contributed by atoms with Crippen molar-refractivity contribution in [2.75, 3.05) is 12.0 Å². The smallest absolute Gasteiger partial charge is 0.238 e. The van der Waals surface area contributed by atoms with Gasteiger partial charge in [-0.3, -0.25) is 24.1 Å². The molecule has 1 saturated carbocycles. The van der Waals surface area contributed by atoms with E-state index in [0.717, 1.165) is 20.3 Å². The molecule has 8 heteroatoms. The number of phenols is 1. The van der Waals surface area contributed by atoms with Gasteiger partial charge in [-0.1, -0.05) is 90.5 Å². The zero-order chi connectivity index (χ0) is 35.4. The number of ether oxygens (including phenoxy) is 1. The van der Waals surface area contributed by atoms with Crippen molar-refractivity contribution in [3.05, 3.63) is 147 Å². The van der Waals surface area contributed by atoms with Gasteiger partial charge in [-0.25, -0.2) is 0 Å². The number of fused-ring (bicyclic) bond motifs is 4. The lowest BCUT2D eigenvalue weighted by Gasteiger charge is -2.54. The summed E-state index contributed by atoms with van der Waals surface area (Å²) < 4.78 is 6.36. The van der Waals surface area contributed by atoms with Gasteiger partial charge >= 0.3 is 0 Å². The number of ketones is 2. The minimum absolute atomic E-state index is 0.00274. The number of benzene rings is 4. The molecule has 0 bridgehead atoms. The summed E-state index contributed by atoms with van der Waals surface area (Å²) in [6.45, 7) is 0. The molecule has 1 aliphatic heterocycles. The van der Waals surface area contributed by atoms with Crippen LogP contribution in [0.4, 0.5) is 5.69 Å². The van der Waals surface area contributed by atoms with Crippen LogP contribution in [0.15, 0.2) is 127 Å². The molecule has 4 aliphatic rings. The average molecular weight is 788 g/mol. The van der Waals surface area contributed by atoms with E-state index in [-0.39, 0.29) is 35.6 Å². The highest BCUT2D eigenvalue weighted by Gasteiger charge is 2.65. The molecule has 6 atom stereocenters. The number of allylic oxidation sites excluding steroid dienone is 5. The zero-order valence-electron chi connectivity index (χ0n) is 27.7. The first-order valence-electron chi connectivity index (χ1n) is 17.0. The summed E-state index contributed by atoms with van der Waals surface area (Å²) in [6.07, 6.45) is 8.01. The SMILES string of the molecule is COc1cc(C=CC2C3=CCC4C(=O)N(c5ccc(I)cc5)C(=O)C4C3CC3C(=O)C(c4ccccc4)=CC(=O)C23c2ccccc2)ccc1O. The molecule has 6 unspecified atom stereocenters. The second-order valence-corrected chi connectivity index (χ2v) is 14.9. The minimum atomic E-state index is -1.30. The number of hydrogen-bond donors (Lipinski definition) is 1. The molecule has 2 fully saturated rings. The Kier molecular flexibility index (Phi) is 8.37. The monoisotopic (exact) mass is 787 g/mol. The quantitative estimate of drug-likeness (QED) is 0.123. The molecule has 254 valence electrons. The number of anilines is 1. The lowest BCUT2D eigenvalue weighted by molar-refractivity contribution is -0.135. The van der Waals surface area contributed by atoms with Crippen LogP contribution in [-0.2, 0) is 24.6 Å². The molecule has 51 heavy (non-hydrogen) atoms. The van der Waals surface area contributed by atoms with Gasteiger partial charge < -0.3 is 9.84 Å². The molecule has 4 aromatic rings. The average Bonchev–Trinajstić information content (AvgIpc) is 3.42. The van der Waals surface area contributed by atoms with Crippen LogP contribution in [0, 0.1) is 33.2 Å². The summed E-state index contributed by atoms with van der Waals surface area (Å²) in [5.41, 5.74) is 2.61. The Morgan fingerprint density at radius 1 is 0.863 bits per heavy atom. The van der Waals surface area contributed by atoms with E-state index in [4.69, 9.17) is 4.74 Å². The van der Waals surface area contributed by atoms with Crippen molar-refractivity contribution in [3.63, 3.8) is 0 Å². The van der Waals surface area contributed by atoms with E-state index in [1.807, 2.05) is 84.9 Å². The maximum Gasteiger partial charge on any atom is 0.238 e. The molecule has 1 N–H and O–H groups in total. The molecule has 0 aromatic heterocycles. The van der Waals surface area contributed by atoms with Crippen LogP contribution in [0.5, 0.6) is 11.5 Å². The fourth-order valence-corrected chi connectivity index (χ4v) is 9.33. The Hall–Kier alpha value is -5.09. The molecule has 0 radical (unpaired) electrons. The molecule has 4 aromatic carbocycles. The maximum atomic E-state index is 15.1. The number of phenolic OH excluding ortho intramolecular Hbond substituents is 1. The van der Waals surface area contributed by atoms with E-state index in [9.17, 15) is 19.5 Å². The topological polar surface area (TPSA) is 101 Å². The summed E-state index contributed by atoms with van der Waals surface area (Å²) in [6, 6.07) is 31.1. The van der Waals surface area contributed by atoms with Crippen molar-refractivity contribution in [2.45, 2.75) is 18.3 Å². The Balaban J connectivity index is 1.32. The number of halogens is 1. The fraction of sp³-hybridized carbons (Fsp3) is 0.209. The molecule has 0 spiro atoms. The molecule has 1 heterocycles. The Bertz CT molecular complexity index is 2170. The number of amides is 2. The lowest BCUT2D eigenvalue weighted by Crippen LogP contribution is -2.59. The standard InChI is InChI=1S/C43H34INO6/c1-51-37-22-25(13-21-36(37)46)12-20-34-30-18-19-31-39(42(50)45(41(31)49)29-16-14-28(44)15-17-29)33(30)23-35-40(48)32(26-8-4-2-5-9-26)24-38(47)43(34,35)27-10-6-3-7-11-27/h2-18,20-22,24,31,33-35,39,46H,19,23H2,1H3. The number of rotatable bonds is 6. The third-order valence-corrected chi connectivity index (χ3v) is 11.9. The van der Waals surface area contributed by atoms with Gasteiger partial charge in [-0.05, 0) is 101 Å². The number of nitrogens with zero attached hydrogens (tertiary/aromatic N) is 1. The highest BCUT2D eigenvalue weighted by molar-refractivity contribution is 14.1. The van der Waals surface area contributed by atoms with Gasteiger partial charge in [0.25, 0.3) is 0 Å². The molecule has 1 saturated heterocycles. The van der Waals surface area contributed by atoms with E-state index in [2.05, 4.69) is 28.7 Å². The summed E-state index contributed by atoms with van der Waals surface area (Å²) >= 11 is 2.19. The van der Waals surface area contributed by atoms with Crippen LogP contribution in [0.1, 0.15) is 29.5 Å². The molecule has 7 nitrogen and oxygen atoms in total. The summed E-state index contributed by atoms with van der Waals surface area (Å²) in [4.78, 5) is 59.8. The Morgan fingerprint density at radius 3 is 2.27 bits per heavy atom. The van der Waals surface area contributed by atoms with Crippen molar-refractivity contribution in [3.8, 4) is 11.5 Å². The summed E-state index contributed by atoms with van der Waals surface area (Å²) in [5.74, 6) is -3.66. The van der Waals surface area contributed by atoms with Crippen LogP contribution >= 0.6 is 22.6 Å². The van der Waals surface area contributed by atoms with Crippen LogP contribution in [0.2, 0.25) is 0 Å². The van der Waals surface area contributed by atoms with E-state index >= 15 is 4.79 Å². The molecule has 2 amide bonds. The number of hydrogen-bond acceptors (Lipinski definition) is 6. The zero-order valence-corrected chi connectivity index (χ0v) is 29.9. The van der Waals surface area contributed by atoms with Crippen molar-refractivity contribution in [1.29, 1.82) is 0 Å². The van der Waals surface area contributed by atoms with Crippen molar-refractivity contribution in [2.24, 2.45) is 29.6 Å². The van der Waals surface area contributed by atoms with Gasteiger partial charge in [0.2, 0.25) is 11.8 Å². The second kappa shape index (κ2) is 12.9. The van der Waals surface area contributed by atoms with Gasteiger partial charge in [-0.2, -0.15) is 0 Å². The van der Waals surface area contributed by atoms with Crippen LogP contribution in [0.3, 0.4) is 0 Å². The first-order chi connectivity index (χ1) is 24.7. The Morgan fingerprint density at radius 2 is 1.57 bits per heavy atom. The van der Waals surface area contributed by atoms with Gasteiger partial charge in [0.05, 0.1) is 30.0 Å².